The summed E-state index contributed by atoms with van der Waals surface area (Å²) in [6.07, 6.45) is 3.40. The Labute approximate surface area is 215 Å². The van der Waals surface area contributed by atoms with Gasteiger partial charge in [-0.2, -0.15) is 0 Å². The minimum atomic E-state index is -1.26. The number of benzene rings is 1. The van der Waals surface area contributed by atoms with Crippen LogP contribution in [0.1, 0.15) is 38.7 Å². The van der Waals surface area contributed by atoms with Crippen molar-refractivity contribution in [1.82, 2.24) is 10.2 Å². The average molecular weight is 529 g/mol. The summed E-state index contributed by atoms with van der Waals surface area (Å²) >= 11 is 0. The molecule has 1 aromatic carbocycles. The molecule has 1 fully saturated rings. The molecule has 0 aromatic heterocycles. The summed E-state index contributed by atoms with van der Waals surface area (Å²) in [5.41, 5.74) is 1.10. The fraction of sp³-hybridized carbons (Fsp3) is 0.458. The second kappa shape index (κ2) is 17.1. The summed E-state index contributed by atoms with van der Waals surface area (Å²) in [4.78, 5) is 56.8. The van der Waals surface area contributed by atoms with Crippen molar-refractivity contribution in [1.29, 1.82) is 0 Å². The molecule has 1 amide bonds. The van der Waals surface area contributed by atoms with E-state index in [4.69, 9.17) is 14.9 Å². The van der Waals surface area contributed by atoms with Gasteiger partial charge < -0.3 is 25.0 Å². The molecule has 0 unspecified atom stereocenters. The molecule has 1 aliphatic heterocycles. The fourth-order valence-electron chi connectivity index (χ4n) is 3.52. The van der Waals surface area contributed by atoms with Crippen LogP contribution < -0.4 is 5.32 Å². The van der Waals surface area contributed by atoms with Crippen molar-refractivity contribution in [2.24, 2.45) is 0 Å². The number of ether oxygens (including phenoxy) is 1. The lowest BCUT2D eigenvalue weighted by Crippen LogP contribution is -2.53. The van der Waals surface area contributed by atoms with E-state index < -0.39 is 42.0 Å². The van der Waals surface area contributed by atoms with E-state index in [9.17, 15) is 29.1 Å². The number of rotatable bonds is 11. The van der Waals surface area contributed by atoms with Crippen LogP contribution in [0.15, 0.2) is 42.5 Å². The van der Waals surface area contributed by atoms with E-state index >= 15 is 0 Å². The normalized spacial score (nSPS) is 16.2. The summed E-state index contributed by atoms with van der Waals surface area (Å²) < 4.78 is 5.14. The second-order valence-electron chi connectivity index (χ2n) is 7.75. The van der Waals surface area contributed by atoms with Crippen molar-refractivity contribution >= 4 is 42.2 Å². The topological polar surface area (TPSA) is 171 Å². The molecule has 0 aliphatic carbocycles. The van der Waals surface area contributed by atoms with Gasteiger partial charge in [0.1, 0.15) is 12.1 Å². The first-order valence-corrected chi connectivity index (χ1v) is 11.2. The van der Waals surface area contributed by atoms with Gasteiger partial charge in [-0.1, -0.05) is 30.3 Å². The van der Waals surface area contributed by atoms with Crippen LogP contribution in [-0.2, 0) is 35.1 Å². The monoisotopic (exact) mass is 528 g/mol. The minimum Gasteiger partial charge on any atom is -0.480 e. The molecule has 0 saturated carbocycles. The summed E-state index contributed by atoms with van der Waals surface area (Å²) in [5.74, 6) is -4.20. The molecule has 1 aromatic rings. The third kappa shape index (κ3) is 11.8. The van der Waals surface area contributed by atoms with E-state index in [0.29, 0.717) is 44.4 Å². The maximum Gasteiger partial charge on any atom is 0.328 e. The van der Waals surface area contributed by atoms with Crippen LogP contribution in [0, 0.1) is 0 Å². The first kappa shape index (κ1) is 32.6. The highest BCUT2D eigenvalue weighted by atomic mass is 35.5. The maximum absolute atomic E-state index is 12.7. The second-order valence-corrected chi connectivity index (χ2v) is 7.75. The molecule has 0 radical (unpaired) electrons. The number of carboxylic acids is 3. The zero-order valence-corrected chi connectivity index (χ0v) is 21.0. The van der Waals surface area contributed by atoms with Gasteiger partial charge in [-0.25, -0.2) is 14.4 Å². The van der Waals surface area contributed by atoms with Gasteiger partial charge in [-0.15, -0.1) is 12.4 Å². The number of carboxylic acid groups (broad SMARTS) is 3. The highest BCUT2D eigenvalue weighted by molar-refractivity contribution is 5.89. The molecule has 3 atom stereocenters. The molecule has 1 aliphatic rings. The van der Waals surface area contributed by atoms with Crippen LogP contribution in [0.4, 0.5) is 0 Å². The van der Waals surface area contributed by atoms with Crippen LogP contribution in [0.3, 0.4) is 0 Å². The van der Waals surface area contributed by atoms with E-state index in [2.05, 4.69) is 5.32 Å². The Hall–Kier alpha value is -3.44. The van der Waals surface area contributed by atoms with Gasteiger partial charge in [0, 0.05) is 18.7 Å². The van der Waals surface area contributed by atoms with Crippen molar-refractivity contribution < 1.29 is 44.0 Å². The quantitative estimate of drug-likeness (QED) is 0.245. The number of hydrogen-bond donors (Lipinski definition) is 4. The first-order chi connectivity index (χ1) is 16.6. The number of esters is 1. The Morgan fingerprint density at radius 1 is 1.08 bits per heavy atom. The summed E-state index contributed by atoms with van der Waals surface area (Å²) in [5, 5.41) is 27.9. The molecule has 36 heavy (non-hydrogen) atoms. The van der Waals surface area contributed by atoms with Crippen LogP contribution >= 0.6 is 12.4 Å². The highest BCUT2D eigenvalue weighted by Gasteiger charge is 2.36. The Balaban J connectivity index is 0.00000118. The van der Waals surface area contributed by atoms with Gasteiger partial charge in [-0.3, -0.25) is 14.9 Å². The molecule has 2 rings (SSSR count). The van der Waals surface area contributed by atoms with Gasteiger partial charge in [0.25, 0.3) is 0 Å². The largest absolute Gasteiger partial charge is 0.480 e. The summed E-state index contributed by atoms with van der Waals surface area (Å²) in [6, 6.07) is 7.69. The number of amides is 1. The average Bonchev–Trinajstić information content (AvgIpc) is 3.31. The lowest BCUT2D eigenvalue weighted by molar-refractivity contribution is -0.150. The van der Waals surface area contributed by atoms with Crippen LogP contribution in [0.5, 0.6) is 0 Å². The van der Waals surface area contributed by atoms with Crippen molar-refractivity contribution in [3.8, 4) is 0 Å². The van der Waals surface area contributed by atoms with Gasteiger partial charge in [0.05, 0.1) is 12.6 Å². The van der Waals surface area contributed by atoms with Crippen molar-refractivity contribution in [2.75, 3.05) is 13.2 Å². The number of aryl methyl sites for hydroxylation is 1. The first-order valence-electron chi connectivity index (χ1n) is 11.2. The maximum atomic E-state index is 12.7. The van der Waals surface area contributed by atoms with Gasteiger partial charge in [0.15, 0.2) is 0 Å². The van der Waals surface area contributed by atoms with Crippen molar-refractivity contribution in [3.05, 3.63) is 48.0 Å². The molecule has 1 saturated heterocycles. The number of likely N-dealkylation sites (tertiary alicyclic amines) is 1. The molecular formula is C24H33ClN2O9. The van der Waals surface area contributed by atoms with Crippen LogP contribution in [0.2, 0.25) is 0 Å². The predicted octanol–water partition coefficient (Wildman–Crippen LogP) is 1.74. The van der Waals surface area contributed by atoms with Crippen molar-refractivity contribution in [3.63, 3.8) is 0 Å². The summed E-state index contributed by atoms with van der Waals surface area (Å²) in [6.45, 7) is 4.09. The Morgan fingerprint density at radius 2 is 1.67 bits per heavy atom. The smallest absolute Gasteiger partial charge is 0.328 e. The molecule has 0 spiro atoms. The summed E-state index contributed by atoms with van der Waals surface area (Å²) in [7, 11) is 0. The van der Waals surface area contributed by atoms with Crippen LogP contribution in [-0.4, -0.2) is 81.3 Å². The Morgan fingerprint density at radius 3 is 2.17 bits per heavy atom. The molecule has 0 bridgehead atoms. The van der Waals surface area contributed by atoms with E-state index in [0.717, 1.165) is 5.56 Å². The third-order valence-corrected chi connectivity index (χ3v) is 5.15. The minimum absolute atomic E-state index is 0. The highest BCUT2D eigenvalue weighted by Crippen LogP contribution is 2.19. The third-order valence-electron chi connectivity index (χ3n) is 5.15. The Kier molecular flexibility index (Phi) is 15.4. The number of nitrogens with one attached hydrogen (secondary N) is 1. The zero-order chi connectivity index (χ0) is 26.4. The molecule has 4 N–H and O–H groups in total. The van der Waals surface area contributed by atoms with E-state index in [1.165, 1.54) is 4.90 Å². The van der Waals surface area contributed by atoms with Crippen molar-refractivity contribution in [2.45, 2.75) is 57.7 Å². The van der Waals surface area contributed by atoms with Gasteiger partial charge in [-0.05, 0) is 45.1 Å². The van der Waals surface area contributed by atoms with E-state index in [1.807, 2.05) is 30.3 Å². The lowest BCUT2D eigenvalue weighted by atomic mass is 10.0. The number of halogens is 1. The molecule has 1 heterocycles. The molecule has 12 heteroatoms. The number of nitrogens with zero attached hydrogens (tertiary/aromatic N) is 1. The molecule has 200 valence electrons. The number of carbonyl (C=O) groups excluding carboxylic acids is 2. The zero-order valence-electron chi connectivity index (χ0n) is 20.2. The van der Waals surface area contributed by atoms with Crippen LogP contribution in [0.25, 0.3) is 0 Å². The molecule has 11 nitrogen and oxygen atoms in total. The predicted molar refractivity (Wildman–Crippen MR) is 132 cm³/mol. The van der Waals surface area contributed by atoms with E-state index in [-0.39, 0.29) is 24.9 Å². The standard InChI is InChI=1S/C20H28N2O5.C4H4O4.ClH/c1-3-27-20(26)16(12-11-15-8-5-4-6-9-15)21-14(2)18(23)22-13-7-10-17(22)19(24)25;5-3(6)1-2-4(7)8;/h4-6,8-9,14,16-17,21H,3,7,10-13H2,1-2H3,(H,24,25);1-2H,(H,5,6)(H,7,8);1H/t14-,16-,17-;;/m0../s1. The van der Waals surface area contributed by atoms with E-state index in [1.54, 1.807) is 13.8 Å². The number of carbonyl (C=O) groups is 5. The number of aliphatic carboxylic acids is 3. The lowest BCUT2D eigenvalue weighted by Gasteiger charge is -2.27. The van der Waals surface area contributed by atoms with Gasteiger partial charge in [0.2, 0.25) is 5.91 Å². The Bertz CT molecular complexity index is 892. The fourth-order valence-corrected chi connectivity index (χ4v) is 3.52. The number of hydrogen-bond acceptors (Lipinski definition) is 7. The molecular weight excluding hydrogens is 496 g/mol. The van der Waals surface area contributed by atoms with Gasteiger partial charge >= 0.3 is 23.9 Å². The SMILES string of the molecule is CCOC(=O)[C@H](CCc1ccccc1)N[C@@H](C)C(=O)N1CCC[C@H]1C(=O)O.Cl.O=C(O)C=CC(=O)O.